The number of halogens is 1. The number of piperidine rings is 1. The van der Waals surface area contributed by atoms with Crippen LogP contribution in [-0.4, -0.2) is 31.7 Å². The molecule has 0 bridgehead atoms. The topological polar surface area (TPSA) is 66.5 Å². The lowest BCUT2D eigenvalue weighted by atomic mass is 9.97. The van der Waals surface area contributed by atoms with Crippen LogP contribution >= 0.6 is 15.9 Å². The summed E-state index contributed by atoms with van der Waals surface area (Å²) in [5.74, 6) is -0.210. The van der Waals surface area contributed by atoms with Gasteiger partial charge < -0.3 is 5.32 Å². The standard InChI is InChI=1S/C19H21BrN2O3S/c20-17-6-8-18(9-7-17)21-19(23)16-10-12-22(13-11-16)26(24,25)14-15-4-2-1-3-5-15/h1-9,16H,10-14H2,(H,21,23). The van der Waals surface area contributed by atoms with Crippen molar-refractivity contribution in [3.05, 3.63) is 64.6 Å². The second-order valence-corrected chi connectivity index (χ2v) is 9.30. The van der Waals surface area contributed by atoms with E-state index >= 15 is 0 Å². The second kappa shape index (κ2) is 8.33. The van der Waals surface area contributed by atoms with Crippen LogP contribution < -0.4 is 5.32 Å². The molecule has 0 unspecified atom stereocenters. The number of anilines is 1. The van der Waals surface area contributed by atoms with Gasteiger partial charge in [0, 0.05) is 29.2 Å². The number of hydrogen-bond acceptors (Lipinski definition) is 3. The van der Waals surface area contributed by atoms with E-state index in [4.69, 9.17) is 0 Å². The molecule has 7 heteroatoms. The molecule has 26 heavy (non-hydrogen) atoms. The normalized spacial score (nSPS) is 16.3. The van der Waals surface area contributed by atoms with Crippen molar-refractivity contribution in [1.29, 1.82) is 0 Å². The third-order valence-electron chi connectivity index (χ3n) is 4.52. The fraction of sp³-hybridized carbons (Fsp3) is 0.316. The van der Waals surface area contributed by atoms with Crippen molar-refractivity contribution in [2.24, 2.45) is 5.92 Å². The highest BCUT2D eigenvalue weighted by molar-refractivity contribution is 9.10. The minimum Gasteiger partial charge on any atom is -0.326 e. The Kier molecular flexibility index (Phi) is 6.11. The Morgan fingerprint density at radius 3 is 2.27 bits per heavy atom. The van der Waals surface area contributed by atoms with Crippen molar-refractivity contribution in [3.8, 4) is 0 Å². The molecule has 1 amide bonds. The van der Waals surface area contributed by atoms with Crippen LogP contribution in [0, 0.1) is 5.92 Å². The van der Waals surface area contributed by atoms with Gasteiger partial charge in [0.2, 0.25) is 15.9 Å². The van der Waals surface area contributed by atoms with Gasteiger partial charge in [0.1, 0.15) is 0 Å². The molecule has 1 N–H and O–H groups in total. The number of carbonyl (C=O) groups excluding carboxylic acids is 1. The van der Waals surface area contributed by atoms with Gasteiger partial charge in [0.15, 0.2) is 0 Å². The molecule has 2 aromatic carbocycles. The number of benzene rings is 2. The van der Waals surface area contributed by atoms with E-state index in [1.54, 1.807) is 0 Å². The largest absolute Gasteiger partial charge is 0.326 e. The Labute approximate surface area is 162 Å². The Bertz CT molecular complexity index is 846. The fourth-order valence-corrected chi connectivity index (χ4v) is 4.88. The van der Waals surface area contributed by atoms with E-state index in [-0.39, 0.29) is 17.6 Å². The summed E-state index contributed by atoms with van der Waals surface area (Å²) >= 11 is 3.36. The second-order valence-electron chi connectivity index (χ2n) is 6.41. The molecule has 1 saturated heterocycles. The van der Waals surface area contributed by atoms with Gasteiger partial charge in [-0.15, -0.1) is 0 Å². The molecule has 3 rings (SSSR count). The molecular formula is C19H21BrN2O3S. The van der Waals surface area contributed by atoms with Gasteiger partial charge in [0.05, 0.1) is 5.75 Å². The number of rotatable bonds is 5. The molecule has 0 atom stereocenters. The summed E-state index contributed by atoms with van der Waals surface area (Å²) < 4.78 is 27.6. The van der Waals surface area contributed by atoms with Gasteiger partial charge in [-0.2, -0.15) is 0 Å². The molecule has 0 aromatic heterocycles. The maximum absolute atomic E-state index is 12.6. The van der Waals surface area contributed by atoms with Gasteiger partial charge in [-0.05, 0) is 42.7 Å². The predicted octanol–water partition coefficient (Wildman–Crippen LogP) is 3.63. The Morgan fingerprint density at radius 2 is 1.65 bits per heavy atom. The first-order valence-electron chi connectivity index (χ1n) is 8.52. The highest BCUT2D eigenvalue weighted by Gasteiger charge is 2.31. The number of amides is 1. The Hall–Kier alpha value is -1.70. The molecule has 1 aliphatic heterocycles. The Morgan fingerprint density at radius 1 is 1.04 bits per heavy atom. The average molecular weight is 437 g/mol. The van der Waals surface area contributed by atoms with Crippen molar-refractivity contribution >= 4 is 37.5 Å². The average Bonchev–Trinajstić information content (AvgIpc) is 2.64. The number of hydrogen-bond donors (Lipinski definition) is 1. The smallest absolute Gasteiger partial charge is 0.227 e. The molecule has 0 radical (unpaired) electrons. The summed E-state index contributed by atoms with van der Waals surface area (Å²) in [4.78, 5) is 12.4. The molecule has 2 aromatic rings. The summed E-state index contributed by atoms with van der Waals surface area (Å²) in [5, 5.41) is 2.90. The summed E-state index contributed by atoms with van der Waals surface area (Å²) in [6.45, 7) is 0.765. The highest BCUT2D eigenvalue weighted by Crippen LogP contribution is 2.23. The summed E-state index contributed by atoms with van der Waals surface area (Å²) in [7, 11) is -3.35. The van der Waals surface area contributed by atoms with E-state index in [0.717, 1.165) is 15.7 Å². The van der Waals surface area contributed by atoms with Gasteiger partial charge in [-0.25, -0.2) is 12.7 Å². The van der Waals surface area contributed by atoms with Crippen molar-refractivity contribution in [2.75, 3.05) is 18.4 Å². The van der Waals surface area contributed by atoms with Gasteiger partial charge >= 0.3 is 0 Å². The van der Waals surface area contributed by atoms with E-state index in [2.05, 4.69) is 21.2 Å². The third-order valence-corrected chi connectivity index (χ3v) is 6.90. The number of nitrogens with zero attached hydrogens (tertiary/aromatic N) is 1. The maximum Gasteiger partial charge on any atom is 0.227 e. The van der Waals surface area contributed by atoms with E-state index in [0.29, 0.717) is 25.9 Å². The van der Waals surface area contributed by atoms with Crippen molar-refractivity contribution in [3.63, 3.8) is 0 Å². The highest BCUT2D eigenvalue weighted by atomic mass is 79.9. The molecule has 0 spiro atoms. The van der Waals surface area contributed by atoms with Crippen LogP contribution in [0.15, 0.2) is 59.1 Å². The van der Waals surface area contributed by atoms with Crippen LogP contribution in [0.3, 0.4) is 0 Å². The number of nitrogens with one attached hydrogen (secondary N) is 1. The lowest BCUT2D eigenvalue weighted by Crippen LogP contribution is -2.41. The van der Waals surface area contributed by atoms with Crippen molar-refractivity contribution in [1.82, 2.24) is 4.31 Å². The van der Waals surface area contributed by atoms with Crippen molar-refractivity contribution < 1.29 is 13.2 Å². The molecule has 1 aliphatic rings. The molecule has 1 fully saturated rings. The first-order valence-corrected chi connectivity index (χ1v) is 10.9. The van der Waals surface area contributed by atoms with Crippen LogP contribution in [0.25, 0.3) is 0 Å². The van der Waals surface area contributed by atoms with Crippen molar-refractivity contribution in [2.45, 2.75) is 18.6 Å². The summed E-state index contributed by atoms with van der Waals surface area (Å²) in [6, 6.07) is 16.6. The molecular weight excluding hydrogens is 416 g/mol. The molecule has 1 heterocycles. The van der Waals surface area contributed by atoms with Crippen LogP contribution in [0.5, 0.6) is 0 Å². The number of carbonyl (C=O) groups is 1. The fourth-order valence-electron chi connectivity index (χ4n) is 3.05. The summed E-state index contributed by atoms with van der Waals surface area (Å²) in [5.41, 5.74) is 1.53. The summed E-state index contributed by atoms with van der Waals surface area (Å²) in [6.07, 6.45) is 1.08. The van der Waals surface area contributed by atoms with E-state index in [9.17, 15) is 13.2 Å². The molecule has 138 valence electrons. The van der Waals surface area contributed by atoms with Gasteiger partial charge in [-0.1, -0.05) is 46.3 Å². The molecule has 0 saturated carbocycles. The van der Waals surface area contributed by atoms with Gasteiger partial charge in [0.25, 0.3) is 0 Å². The first kappa shape index (κ1) is 19.1. The van der Waals surface area contributed by atoms with Gasteiger partial charge in [-0.3, -0.25) is 4.79 Å². The quantitative estimate of drug-likeness (QED) is 0.777. The minimum atomic E-state index is -3.35. The van der Waals surface area contributed by atoms with Crippen LogP contribution in [-0.2, 0) is 20.6 Å². The minimum absolute atomic E-state index is 0.00357. The SMILES string of the molecule is O=C(Nc1ccc(Br)cc1)C1CCN(S(=O)(=O)Cc2ccccc2)CC1. The van der Waals surface area contributed by atoms with E-state index < -0.39 is 10.0 Å². The first-order chi connectivity index (χ1) is 12.4. The van der Waals surface area contributed by atoms with Crippen LogP contribution in [0.1, 0.15) is 18.4 Å². The van der Waals surface area contributed by atoms with E-state index in [1.165, 1.54) is 4.31 Å². The number of sulfonamides is 1. The third kappa shape index (κ3) is 4.93. The zero-order valence-electron chi connectivity index (χ0n) is 14.3. The lowest BCUT2D eigenvalue weighted by Gasteiger charge is -2.30. The zero-order chi connectivity index (χ0) is 18.6. The van der Waals surface area contributed by atoms with E-state index in [1.807, 2.05) is 54.6 Å². The zero-order valence-corrected chi connectivity index (χ0v) is 16.7. The van der Waals surface area contributed by atoms with Crippen LogP contribution in [0.2, 0.25) is 0 Å². The monoisotopic (exact) mass is 436 g/mol. The lowest BCUT2D eigenvalue weighted by molar-refractivity contribution is -0.120. The molecule has 5 nitrogen and oxygen atoms in total. The Balaban J connectivity index is 1.54. The van der Waals surface area contributed by atoms with Crippen LogP contribution in [0.4, 0.5) is 5.69 Å². The predicted molar refractivity (Wildman–Crippen MR) is 106 cm³/mol. The maximum atomic E-state index is 12.6. The molecule has 0 aliphatic carbocycles.